The Hall–Kier alpha value is -2.92. The second-order valence-corrected chi connectivity index (χ2v) is 7.34. The molecular weight excluding hydrogens is 451 g/mol. The van der Waals surface area contributed by atoms with E-state index in [1.807, 2.05) is 0 Å². The number of nitrogen functional groups attached to an aromatic ring is 1. The number of nitrogens with two attached hydrogens (primary N) is 1. The van der Waals surface area contributed by atoms with Gasteiger partial charge in [0, 0.05) is 15.6 Å². The summed E-state index contributed by atoms with van der Waals surface area (Å²) >= 11 is 4.32. The fraction of sp³-hybridized carbons (Fsp3) is 0.0588. The molecule has 4 N–H and O–H groups in total. The van der Waals surface area contributed by atoms with Gasteiger partial charge < -0.3 is 5.84 Å². The van der Waals surface area contributed by atoms with E-state index in [-0.39, 0.29) is 11.6 Å². The fourth-order valence-electron chi connectivity index (χ4n) is 2.14. The summed E-state index contributed by atoms with van der Waals surface area (Å²) in [7, 11) is 0. The van der Waals surface area contributed by atoms with Crippen LogP contribution in [0.3, 0.4) is 0 Å². The first-order chi connectivity index (χ1) is 13.4. The summed E-state index contributed by atoms with van der Waals surface area (Å²) in [5, 5.41) is 8.18. The number of halogens is 2. The van der Waals surface area contributed by atoms with Gasteiger partial charge in [-0.1, -0.05) is 27.7 Å². The number of aromatic nitrogens is 3. The molecule has 0 saturated heterocycles. The molecular formula is C17H14BrFN6O2S. The normalized spacial score (nSPS) is 10.5. The van der Waals surface area contributed by atoms with Crippen LogP contribution >= 0.6 is 27.7 Å². The lowest BCUT2D eigenvalue weighted by atomic mass is 10.2. The molecule has 0 bridgehead atoms. The van der Waals surface area contributed by atoms with Crippen molar-refractivity contribution >= 4 is 39.5 Å². The molecule has 0 atom stereocenters. The molecule has 0 aliphatic heterocycles. The van der Waals surface area contributed by atoms with Crippen LogP contribution in [0, 0.1) is 5.82 Å². The number of hydrogen-bond donors (Lipinski definition) is 3. The summed E-state index contributed by atoms with van der Waals surface area (Å²) in [5.41, 5.74) is 5.64. The Balaban J connectivity index is 1.53. The lowest BCUT2D eigenvalue weighted by Crippen LogP contribution is -2.42. The highest BCUT2D eigenvalue weighted by molar-refractivity contribution is 9.10. The average molecular weight is 465 g/mol. The molecule has 1 aromatic heterocycles. The number of rotatable bonds is 5. The number of carbonyl (C=O) groups excluding carboxylic acids is 2. The van der Waals surface area contributed by atoms with Crippen LogP contribution in [-0.4, -0.2) is 32.4 Å². The summed E-state index contributed by atoms with van der Waals surface area (Å²) in [6.45, 7) is 0. The molecule has 0 saturated carbocycles. The van der Waals surface area contributed by atoms with Crippen LogP contribution in [0.4, 0.5) is 4.39 Å². The van der Waals surface area contributed by atoms with Crippen LogP contribution in [0.25, 0.3) is 11.4 Å². The largest absolute Gasteiger partial charge is 0.335 e. The monoisotopic (exact) mass is 464 g/mol. The lowest BCUT2D eigenvalue weighted by molar-refractivity contribution is -0.119. The molecule has 28 heavy (non-hydrogen) atoms. The van der Waals surface area contributed by atoms with Crippen molar-refractivity contribution in [3.63, 3.8) is 0 Å². The molecule has 0 fully saturated rings. The number of nitrogens with one attached hydrogen (secondary N) is 2. The number of carbonyl (C=O) groups is 2. The van der Waals surface area contributed by atoms with E-state index < -0.39 is 11.8 Å². The van der Waals surface area contributed by atoms with Crippen molar-refractivity contribution < 1.29 is 14.0 Å². The molecule has 0 unspecified atom stereocenters. The van der Waals surface area contributed by atoms with Gasteiger partial charge in [0.2, 0.25) is 11.1 Å². The highest BCUT2D eigenvalue weighted by Gasteiger charge is 2.14. The minimum Gasteiger partial charge on any atom is -0.335 e. The highest BCUT2D eigenvalue weighted by Crippen LogP contribution is 2.21. The summed E-state index contributed by atoms with van der Waals surface area (Å²) in [6, 6.07) is 12.3. The van der Waals surface area contributed by atoms with E-state index in [0.29, 0.717) is 22.1 Å². The maximum atomic E-state index is 13.0. The van der Waals surface area contributed by atoms with Crippen LogP contribution in [-0.2, 0) is 4.79 Å². The van der Waals surface area contributed by atoms with Gasteiger partial charge >= 0.3 is 0 Å². The predicted molar refractivity (Wildman–Crippen MR) is 106 cm³/mol. The van der Waals surface area contributed by atoms with E-state index in [2.05, 4.69) is 37.0 Å². The molecule has 144 valence electrons. The van der Waals surface area contributed by atoms with Crippen LogP contribution in [0.2, 0.25) is 0 Å². The van der Waals surface area contributed by atoms with Gasteiger partial charge in [-0.15, -0.1) is 10.2 Å². The first-order valence-corrected chi connectivity index (χ1v) is 9.66. The molecule has 8 nitrogen and oxygen atoms in total. The number of benzene rings is 2. The Morgan fingerprint density at radius 3 is 2.43 bits per heavy atom. The Morgan fingerprint density at radius 2 is 1.75 bits per heavy atom. The van der Waals surface area contributed by atoms with Crippen molar-refractivity contribution in [2.75, 3.05) is 11.6 Å². The molecule has 0 radical (unpaired) electrons. The number of hydrazine groups is 1. The van der Waals surface area contributed by atoms with E-state index in [0.717, 1.165) is 16.2 Å². The molecule has 1 heterocycles. The molecule has 11 heteroatoms. The zero-order valence-corrected chi connectivity index (χ0v) is 16.6. The van der Waals surface area contributed by atoms with Gasteiger partial charge in [0.25, 0.3) is 5.91 Å². The molecule has 3 rings (SSSR count). The van der Waals surface area contributed by atoms with Gasteiger partial charge in [-0.25, -0.2) is 9.07 Å². The molecule has 3 aromatic rings. The van der Waals surface area contributed by atoms with Gasteiger partial charge in [-0.05, 0) is 48.5 Å². The zero-order valence-electron chi connectivity index (χ0n) is 14.2. The second kappa shape index (κ2) is 8.85. The summed E-state index contributed by atoms with van der Waals surface area (Å²) in [5.74, 6) is 4.99. The Bertz CT molecular complexity index is 994. The Morgan fingerprint density at radius 1 is 1.07 bits per heavy atom. The Kier molecular flexibility index (Phi) is 6.26. The number of amides is 2. The predicted octanol–water partition coefficient (Wildman–Crippen LogP) is 2.11. The second-order valence-electron chi connectivity index (χ2n) is 5.48. The minimum absolute atomic E-state index is 0.0423. The van der Waals surface area contributed by atoms with E-state index in [4.69, 9.17) is 5.84 Å². The van der Waals surface area contributed by atoms with Crippen LogP contribution in [0.5, 0.6) is 0 Å². The third-order valence-electron chi connectivity index (χ3n) is 3.52. The standard InChI is InChI=1S/C17H14BrFN6O2S/c18-12-5-1-11(2-6-12)16(27)23-21-14(26)9-28-17-24-22-15(25(17)20)10-3-7-13(19)8-4-10/h1-8H,9,20H2,(H,21,26)(H,23,27). The maximum Gasteiger partial charge on any atom is 0.269 e. The van der Waals surface area contributed by atoms with Gasteiger partial charge in [-0.2, -0.15) is 0 Å². The van der Waals surface area contributed by atoms with Gasteiger partial charge in [0.05, 0.1) is 5.75 Å². The molecule has 2 aromatic carbocycles. The highest BCUT2D eigenvalue weighted by atomic mass is 79.9. The zero-order chi connectivity index (χ0) is 20.1. The number of nitrogens with zero attached hydrogens (tertiary/aromatic N) is 3. The van der Waals surface area contributed by atoms with Gasteiger partial charge in [0.15, 0.2) is 5.82 Å². The molecule has 0 aliphatic carbocycles. The fourth-order valence-corrected chi connectivity index (χ4v) is 3.06. The summed E-state index contributed by atoms with van der Waals surface area (Å²) in [6.07, 6.45) is 0. The van der Waals surface area contributed by atoms with Crippen molar-refractivity contribution in [2.45, 2.75) is 5.16 Å². The molecule has 2 amide bonds. The van der Waals surface area contributed by atoms with Crippen molar-refractivity contribution in [2.24, 2.45) is 0 Å². The van der Waals surface area contributed by atoms with Crippen molar-refractivity contribution in [1.82, 2.24) is 25.7 Å². The van der Waals surface area contributed by atoms with Crippen molar-refractivity contribution in [1.29, 1.82) is 0 Å². The summed E-state index contributed by atoms with van der Waals surface area (Å²) < 4.78 is 15.1. The Labute approximate surface area is 171 Å². The summed E-state index contributed by atoms with van der Waals surface area (Å²) in [4.78, 5) is 23.9. The molecule has 0 spiro atoms. The number of hydrogen-bond acceptors (Lipinski definition) is 6. The van der Waals surface area contributed by atoms with Gasteiger partial charge in [0.1, 0.15) is 5.82 Å². The minimum atomic E-state index is -0.443. The van der Waals surface area contributed by atoms with Crippen molar-refractivity contribution in [3.05, 3.63) is 64.4 Å². The van der Waals surface area contributed by atoms with Crippen LogP contribution < -0.4 is 16.7 Å². The van der Waals surface area contributed by atoms with Crippen molar-refractivity contribution in [3.8, 4) is 11.4 Å². The average Bonchev–Trinajstić information content (AvgIpc) is 3.06. The first-order valence-electron chi connectivity index (χ1n) is 7.88. The van der Waals surface area contributed by atoms with Gasteiger partial charge in [-0.3, -0.25) is 20.4 Å². The third-order valence-corrected chi connectivity index (χ3v) is 4.99. The van der Waals surface area contributed by atoms with E-state index >= 15 is 0 Å². The van der Waals surface area contributed by atoms with E-state index in [1.165, 1.54) is 28.9 Å². The lowest BCUT2D eigenvalue weighted by Gasteiger charge is -2.07. The topological polar surface area (TPSA) is 115 Å². The SMILES string of the molecule is Nn1c(SCC(=O)NNC(=O)c2ccc(Br)cc2)nnc1-c1ccc(F)cc1. The number of thioether (sulfide) groups is 1. The maximum absolute atomic E-state index is 13.0. The molecule has 0 aliphatic rings. The van der Waals surface area contributed by atoms with E-state index in [1.54, 1.807) is 24.3 Å². The smallest absolute Gasteiger partial charge is 0.269 e. The van der Waals surface area contributed by atoms with Crippen LogP contribution in [0.15, 0.2) is 58.2 Å². The third kappa shape index (κ3) is 4.87. The van der Waals surface area contributed by atoms with E-state index in [9.17, 15) is 14.0 Å². The first kappa shape index (κ1) is 19.8. The van der Waals surface area contributed by atoms with Crippen LogP contribution in [0.1, 0.15) is 10.4 Å². The quantitative estimate of drug-likeness (QED) is 0.302.